The number of benzene rings is 1. The van der Waals surface area contributed by atoms with Crippen molar-refractivity contribution in [1.29, 1.82) is 0 Å². The van der Waals surface area contributed by atoms with Crippen LogP contribution in [0.25, 0.3) is 0 Å². The molecule has 2 heteroatoms. The van der Waals surface area contributed by atoms with Crippen LogP contribution in [0.4, 0.5) is 0 Å². The third-order valence-corrected chi connectivity index (χ3v) is 5.02. The Morgan fingerprint density at radius 3 is 2.63 bits per heavy atom. The van der Waals surface area contributed by atoms with E-state index in [0.29, 0.717) is 0 Å². The number of nitrogens with two attached hydrogens (primary N) is 1. The maximum Gasteiger partial charge on any atom is 0.0424 e. The molecule has 2 aliphatic rings. The lowest BCUT2D eigenvalue weighted by atomic mass is 9.78. The number of nitrogens with zero attached hydrogens (tertiary/aromatic N) is 1. The molecule has 0 aromatic heterocycles. The van der Waals surface area contributed by atoms with Crippen LogP contribution < -0.4 is 5.73 Å². The first-order valence-corrected chi connectivity index (χ1v) is 7.89. The minimum absolute atomic E-state index is 0.168. The van der Waals surface area contributed by atoms with Gasteiger partial charge in [-0.1, -0.05) is 43.2 Å². The lowest BCUT2D eigenvalue weighted by molar-refractivity contribution is 0.0561. The first-order chi connectivity index (χ1) is 9.34. The molecule has 2 nitrogen and oxygen atoms in total. The van der Waals surface area contributed by atoms with Gasteiger partial charge in [-0.25, -0.2) is 0 Å². The van der Waals surface area contributed by atoms with Gasteiger partial charge in [-0.05, 0) is 43.7 Å². The molecule has 0 amide bonds. The minimum Gasteiger partial charge on any atom is -0.323 e. The predicted molar refractivity (Wildman–Crippen MR) is 79.9 cm³/mol. The van der Waals surface area contributed by atoms with E-state index >= 15 is 0 Å². The zero-order chi connectivity index (χ0) is 13.1. The minimum atomic E-state index is 0.168. The summed E-state index contributed by atoms with van der Waals surface area (Å²) in [6.45, 7) is 2.28. The maximum atomic E-state index is 6.41. The van der Waals surface area contributed by atoms with E-state index < -0.39 is 0 Å². The van der Waals surface area contributed by atoms with Gasteiger partial charge in [0, 0.05) is 18.6 Å². The zero-order valence-electron chi connectivity index (χ0n) is 11.8. The Morgan fingerprint density at radius 2 is 1.79 bits per heavy atom. The van der Waals surface area contributed by atoms with Gasteiger partial charge in [0.2, 0.25) is 0 Å². The zero-order valence-corrected chi connectivity index (χ0v) is 11.8. The van der Waals surface area contributed by atoms with Crippen molar-refractivity contribution in [1.82, 2.24) is 4.90 Å². The standard InChI is InChI=1S/C17H26N2/c18-16(14-7-2-1-3-8-14)13-19-12-6-10-15-9-4-5-11-17(15)19/h1-3,7-8,15-17H,4-6,9-13,18H2. The highest BCUT2D eigenvalue weighted by atomic mass is 15.2. The monoisotopic (exact) mass is 258 g/mol. The molecule has 3 atom stereocenters. The maximum absolute atomic E-state index is 6.41. The number of rotatable bonds is 3. The lowest BCUT2D eigenvalue weighted by Gasteiger charge is -2.45. The highest BCUT2D eigenvalue weighted by molar-refractivity contribution is 5.18. The fraction of sp³-hybridized carbons (Fsp3) is 0.647. The van der Waals surface area contributed by atoms with E-state index in [1.54, 1.807) is 0 Å². The molecule has 1 aliphatic carbocycles. The van der Waals surface area contributed by atoms with E-state index in [4.69, 9.17) is 5.73 Å². The quantitative estimate of drug-likeness (QED) is 0.901. The van der Waals surface area contributed by atoms with Gasteiger partial charge in [-0.15, -0.1) is 0 Å². The summed E-state index contributed by atoms with van der Waals surface area (Å²) in [7, 11) is 0. The Labute approximate surface area is 117 Å². The van der Waals surface area contributed by atoms with Crippen LogP contribution in [-0.2, 0) is 0 Å². The molecule has 1 heterocycles. The number of likely N-dealkylation sites (tertiary alicyclic amines) is 1. The van der Waals surface area contributed by atoms with Crippen LogP contribution in [0.3, 0.4) is 0 Å². The molecule has 19 heavy (non-hydrogen) atoms. The highest BCUT2D eigenvalue weighted by Gasteiger charge is 2.33. The summed E-state index contributed by atoms with van der Waals surface area (Å²) in [5.74, 6) is 0.950. The molecule has 1 saturated heterocycles. The normalized spacial score (nSPS) is 29.7. The second kappa shape index (κ2) is 6.06. The van der Waals surface area contributed by atoms with Crippen molar-refractivity contribution in [3.8, 4) is 0 Å². The second-order valence-electron chi connectivity index (χ2n) is 6.27. The topological polar surface area (TPSA) is 29.3 Å². The van der Waals surface area contributed by atoms with Crippen molar-refractivity contribution in [2.75, 3.05) is 13.1 Å². The molecule has 0 spiro atoms. The Hall–Kier alpha value is -0.860. The third kappa shape index (κ3) is 3.01. The lowest BCUT2D eigenvalue weighted by Crippen LogP contribution is -2.49. The van der Waals surface area contributed by atoms with Crippen molar-refractivity contribution >= 4 is 0 Å². The van der Waals surface area contributed by atoms with Crippen LogP contribution in [0.5, 0.6) is 0 Å². The number of piperidine rings is 1. The van der Waals surface area contributed by atoms with Crippen molar-refractivity contribution in [3.05, 3.63) is 35.9 Å². The molecule has 2 N–H and O–H groups in total. The molecule has 2 fully saturated rings. The smallest absolute Gasteiger partial charge is 0.0424 e. The van der Waals surface area contributed by atoms with E-state index in [9.17, 15) is 0 Å². The molecule has 3 rings (SSSR count). The van der Waals surface area contributed by atoms with Gasteiger partial charge < -0.3 is 5.73 Å². The van der Waals surface area contributed by atoms with Gasteiger partial charge in [-0.3, -0.25) is 4.90 Å². The van der Waals surface area contributed by atoms with Crippen LogP contribution in [0.1, 0.15) is 50.1 Å². The highest BCUT2D eigenvalue weighted by Crippen LogP contribution is 2.35. The average molecular weight is 258 g/mol. The second-order valence-corrected chi connectivity index (χ2v) is 6.27. The molecule has 1 aromatic carbocycles. The van der Waals surface area contributed by atoms with Gasteiger partial charge in [0.15, 0.2) is 0 Å². The summed E-state index contributed by atoms with van der Waals surface area (Å²) in [6.07, 6.45) is 8.51. The Morgan fingerprint density at radius 1 is 1.05 bits per heavy atom. The van der Waals surface area contributed by atoms with Gasteiger partial charge in [0.05, 0.1) is 0 Å². The average Bonchev–Trinajstić information content (AvgIpc) is 2.48. The summed E-state index contributed by atoms with van der Waals surface area (Å²) >= 11 is 0. The van der Waals surface area contributed by atoms with Gasteiger partial charge >= 0.3 is 0 Å². The van der Waals surface area contributed by atoms with Crippen LogP contribution in [0.15, 0.2) is 30.3 Å². The molecule has 3 unspecified atom stereocenters. The Balaban J connectivity index is 1.65. The van der Waals surface area contributed by atoms with E-state index in [2.05, 4.69) is 35.2 Å². The molecule has 1 aromatic rings. The Bertz CT molecular complexity index is 388. The molecule has 1 saturated carbocycles. The van der Waals surface area contributed by atoms with Gasteiger partial charge in [-0.2, -0.15) is 0 Å². The van der Waals surface area contributed by atoms with Crippen molar-refractivity contribution in [3.63, 3.8) is 0 Å². The fourth-order valence-electron chi connectivity index (χ4n) is 4.01. The Kier molecular flexibility index (Phi) is 4.19. The molecule has 0 bridgehead atoms. The molecular weight excluding hydrogens is 232 g/mol. The van der Waals surface area contributed by atoms with Crippen LogP contribution in [0, 0.1) is 5.92 Å². The fourth-order valence-corrected chi connectivity index (χ4v) is 4.01. The summed E-state index contributed by atoms with van der Waals surface area (Å²) < 4.78 is 0. The van der Waals surface area contributed by atoms with Crippen molar-refractivity contribution in [2.45, 2.75) is 50.6 Å². The van der Waals surface area contributed by atoms with E-state index in [1.807, 2.05) is 0 Å². The molecule has 104 valence electrons. The SMILES string of the molecule is NC(CN1CCCC2CCCCC21)c1ccccc1. The van der Waals surface area contributed by atoms with Crippen LogP contribution >= 0.6 is 0 Å². The first kappa shape index (κ1) is 13.1. The largest absolute Gasteiger partial charge is 0.323 e. The van der Waals surface area contributed by atoms with Crippen molar-refractivity contribution < 1.29 is 0 Å². The number of hydrogen-bond acceptors (Lipinski definition) is 2. The molecule has 0 radical (unpaired) electrons. The van der Waals surface area contributed by atoms with E-state index in [0.717, 1.165) is 18.5 Å². The van der Waals surface area contributed by atoms with Crippen LogP contribution in [0.2, 0.25) is 0 Å². The van der Waals surface area contributed by atoms with Crippen molar-refractivity contribution in [2.24, 2.45) is 11.7 Å². The van der Waals surface area contributed by atoms with Crippen LogP contribution in [-0.4, -0.2) is 24.0 Å². The summed E-state index contributed by atoms with van der Waals surface area (Å²) in [5.41, 5.74) is 7.68. The van der Waals surface area contributed by atoms with Gasteiger partial charge in [0.1, 0.15) is 0 Å². The molecular formula is C17H26N2. The molecule has 1 aliphatic heterocycles. The predicted octanol–water partition coefficient (Wildman–Crippen LogP) is 3.34. The summed E-state index contributed by atoms with van der Waals surface area (Å²) in [5, 5.41) is 0. The summed E-state index contributed by atoms with van der Waals surface area (Å²) in [4.78, 5) is 2.69. The van der Waals surface area contributed by atoms with E-state index in [1.165, 1.54) is 50.6 Å². The number of hydrogen-bond donors (Lipinski definition) is 1. The first-order valence-electron chi connectivity index (χ1n) is 7.89. The summed E-state index contributed by atoms with van der Waals surface area (Å²) in [6, 6.07) is 11.6. The van der Waals surface area contributed by atoms with Gasteiger partial charge in [0.25, 0.3) is 0 Å². The van der Waals surface area contributed by atoms with E-state index in [-0.39, 0.29) is 6.04 Å². The number of fused-ring (bicyclic) bond motifs is 1. The third-order valence-electron chi connectivity index (χ3n) is 5.02.